The van der Waals surface area contributed by atoms with E-state index in [1.54, 1.807) is 23.2 Å². The van der Waals surface area contributed by atoms with E-state index in [-0.39, 0.29) is 17.8 Å². The summed E-state index contributed by atoms with van der Waals surface area (Å²) in [4.78, 5) is 14.3. The third-order valence-corrected chi connectivity index (χ3v) is 3.86. The molecule has 1 aromatic carbocycles. The van der Waals surface area contributed by atoms with Crippen molar-refractivity contribution in [2.45, 2.75) is 19.4 Å². The standard InChI is InChI=1S/C16H18FN3O2/c1-11-15(9-18-19-11)16(21)20-6-7-22-14(10-20)8-12-2-4-13(17)5-3-12/h2-5,9,14H,6-8,10H2,1H3,(H,18,19)/t14-/m0/s1. The quantitative estimate of drug-likeness (QED) is 0.943. The second kappa shape index (κ2) is 6.27. The number of halogens is 1. The van der Waals surface area contributed by atoms with Gasteiger partial charge in [0, 0.05) is 25.2 Å². The molecule has 2 aromatic rings. The van der Waals surface area contributed by atoms with Crippen molar-refractivity contribution in [3.05, 3.63) is 53.1 Å². The van der Waals surface area contributed by atoms with Gasteiger partial charge < -0.3 is 9.64 Å². The van der Waals surface area contributed by atoms with Crippen LogP contribution in [-0.2, 0) is 11.2 Å². The van der Waals surface area contributed by atoms with Gasteiger partial charge in [0.05, 0.1) is 24.5 Å². The van der Waals surface area contributed by atoms with Crippen molar-refractivity contribution >= 4 is 5.91 Å². The van der Waals surface area contributed by atoms with Crippen LogP contribution in [0.1, 0.15) is 21.6 Å². The molecule has 0 aliphatic carbocycles. The number of rotatable bonds is 3. The van der Waals surface area contributed by atoms with Crippen molar-refractivity contribution in [2.24, 2.45) is 0 Å². The van der Waals surface area contributed by atoms with Gasteiger partial charge in [-0.05, 0) is 24.6 Å². The van der Waals surface area contributed by atoms with Gasteiger partial charge in [-0.25, -0.2) is 4.39 Å². The maximum atomic E-state index is 12.9. The Balaban J connectivity index is 1.65. The number of carbonyl (C=O) groups is 1. The van der Waals surface area contributed by atoms with Crippen LogP contribution in [0.4, 0.5) is 4.39 Å². The molecular weight excluding hydrogens is 285 g/mol. The first-order valence-electron chi connectivity index (χ1n) is 7.29. The average Bonchev–Trinajstić information content (AvgIpc) is 2.95. The molecule has 0 saturated carbocycles. The van der Waals surface area contributed by atoms with Crippen molar-refractivity contribution in [3.63, 3.8) is 0 Å². The Morgan fingerprint density at radius 3 is 2.91 bits per heavy atom. The summed E-state index contributed by atoms with van der Waals surface area (Å²) in [5, 5.41) is 6.67. The fourth-order valence-electron chi connectivity index (χ4n) is 2.65. The molecule has 1 fully saturated rings. The van der Waals surface area contributed by atoms with E-state index < -0.39 is 0 Å². The van der Waals surface area contributed by atoms with Gasteiger partial charge >= 0.3 is 0 Å². The maximum Gasteiger partial charge on any atom is 0.257 e. The van der Waals surface area contributed by atoms with E-state index in [1.165, 1.54) is 12.1 Å². The fourth-order valence-corrected chi connectivity index (χ4v) is 2.65. The molecule has 2 heterocycles. The number of carbonyl (C=O) groups excluding carboxylic acids is 1. The van der Waals surface area contributed by atoms with Gasteiger partial charge in [-0.1, -0.05) is 12.1 Å². The lowest BCUT2D eigenvalue weighted by Gasteiger charge is -2.33. The van der Waals surface area contributed by atoms with Crippen LogP contribution in [-0.4, -0.2) is 46.8 Å². The van der Waals surface area contributed by atoms with Crippen molar-refractivity contribution in [3.8, 4) is 0 Å². The highest BCUT2D eigenvalue weighted by Crippen LogP contribution is 2.15. The van der Waals surface area contributed by atoms with Crippen molar-refractivity contribution in [2.75, 3.05) is 19.7 Å². The van der Waals surface area contributed by atoms with Gasteiger partial charge in [-0.3, -0.25) is 9.89 Å². The van der Waals surface area contributed by atoms with Gasteiger partial charge in [0.2, 0.25) is 0 Å². The molecule has 116 valence electrons. The molecule has 1 N–H and O–H groups in total. The number of nitrogens with zero attached hydrogens (tertiary/aromatic N) is 2. The number of H-pyrrole nitrogens is 1. The normalized spacial score (nSPS) is 18.5. The van der Waals surface area contributed by atoms with E-state index in [0.717, 1.165) is 11.3 Å². The summed E-state index contributed by atoms with van der Waals surface area (Å²) in [6.45, 7) is 3.44. The topological polar surface area (TPSA) is 58.2 Å². The van der Waals surface area contributed by atoms with Crippen molar-refractivity contribution in [1.82, 2.24) is 15.1 Å². The molecule has 22 heavy (non-hydrogen) atoms. The molecular formula is C16H18FN3O2. The molecule has 5 nitrogen and oxygen atoms in total. The van der Waals surface area contributed by atoms with Crippen LogP contribution in [0, 0.1) is 12.7 Å². The van der Waals surface area contributed by atoms with Crippen LogP contribution in [0.5, 0.6) is 0 Å². The van der Waals surface area contributed by atoms with E-state index in [9.17, 15) is 9.18 Å². The van der Waals surface area contributed by atoms with Crippen LogP contribution < -0.4 is 0 Å². The first-order valence-corrected chi connectivity index (χ1v) is 7.29. The Hall–Kier alpha value is -2.21. The summed E-state index contributed by atoms with van der Waals surface area (Å²) >= 11 is 0. The molecule has 3 rings (SSSR count). The summed E-state index contributed by atoms with van der Waals surface area (Å²) in [5.41, 5.74) is 2.37. The number of amides is 1. The van der Waals surface area contributed by atoms with Gasteiger partial charge in [0.1, 0.15) is 5.82 Å². The molecule has 1 saturated heterocycles. The zero-order valence-electron chi connectivity index (χ0n) is 12.4. The molecule has 1 aliphatic rings. The summed E-state index contributed by atoms with van der Waals surface area (Å²) in [6.07, 6.45) is 2.15. The highest BCUT2D eigenvalue weighted by Gasteiger charge is 2.26. The molecule has 1 aromatic heterocycles. The van der Waals surface area contributed by atoms with E-state index in [4.69, 9.17) is 4.74 Å². The van der Waals surface area contributed by atoms with Gasteiger partial charge in [0.25, 0.3) is 5.91 Å². The molecule has 6 heteroatoms. The number of ether oxygens (including phenoxy) is 1. The van der Waals surface area contributed by atoms with Crippen LogP contribution in [0.15, 0.2) is 30.5 Å². The lowest BCUT2D eigenvalue weighted by Crippen LogP contribution is -2.46. The SMILES string of the molecule is Cc1[nH]ncc1C(=O)N1CCO[C@@H](Cc2ccc(F)cc2)C1. The zero-order valence-corrected chi connectivity index (χ0v) is 12.4. The number of aryl methyl sites for hydroxylation is 1. The van der Waals surface area contributed by atoms with Crippen molar-refractivity contribution in [1.29, 1.82) is 0 Å². The van der Waals surface area contributed by atoms with E-state index in [2.05, 4.69) is 10.2 Å². The number of nitrogens with one attached hydrogen (secondary N) is 1. The van der Waals surface area contributed by atoms with Crippen LogP contribution in [0.3, 0.4) is 0 Å². The Morgan fingerprint density at radius 2 is 2.23 bits per heavy atom. The average molecular weight is 303 g/mol. The molecule has 0 spiro atoms. The predicted molar refractivity (Wildman–Crippen MR) is 79.1 cm³/mol. The fraction of sp³-hybridized carbons (Fsp3) is 0.375. The van der Waals surface area contributed by atoms with E-state index in [0.29, 0.717) is 31.7 Å². The first kappa shape index (κ1) is 14.7. The highest BCUT2D eigenvalue weighted by atomic mass is 19.1. The number of aromatic nitrogens is 2. The molecule has 1 amide bonds. The molecule has 0 radical (unpaired) electrons. The third-order valence-electron chi connectivity index (χ3n) is 3.86. The minimum atomic E-state index is -0.249. The minimum Gasteiger partial charge on any atom is -0.374 e. The Labute approximate surface area is 128 Å². The number of hydrogen-bond acceptors (Lipinski definition) is 3. The smallest absolute Gasteiger partial charge is 0.257 e. The Morgan fingerprint density at radius 1 is 1.45 bits per heavy atom. The second-order valence-electron chi connectivity index (χ2n) is 5.48. The summed E-state index contributed by atoms with van der Waals surface area (Å²) in [6, 6.07) is 6.38. The molecule has 1 aliphatic heterocycles. The summed E-state index contributed by atoms with van der Waals surface area (Å²) < 4.78 is 18.7. The van der Waals surface area contributed by atoms with Crippen LogP contribution >= 0.6 is 0 Å². The minimum absolute atomic E-state index is 0.0290. The van der Waals surface area contributed by atoms with Gasteiger partial charge in [-0.15, -0.1) is 0 Å². The first-order chi connectivity index (χ1) is 10.6. The Kier molecular flexibility index (Phi) is 4.20. The number of morpholine rings is 1. The number of aromatic amines is 1. The largest absolute Gasteiger partial charge is 0.374 e. The van der Waals surface area contributed by atoms with Crippen LogP contribution in [0.2, 0.25) is 0 Å². The maximum absolute atomic E-state index is 12.9. The lowest BCUT2D eigenvalue weighted by molar-refractivity contribution is -0.0208. The van der Waals surface area contributed by atoms with E-state index in [1.807, 2.05) is 6.92 Å². The van der Waals surface area contributed by atoms with E-state index >= 15 is 0 Å². The molecule has 1 atom stereocenters. The summed E-state index contributed by atoms with van der Waals surface area (Å²) in [7, 11) is 0. The number of benzene rings is 1. The zero-order chi connectivity index (χ0) is 15.5. The number of hydrogen-bond donors (Lipinski definition) is 1. The monoisotopic (exact) mass is 303 g/mol. The van der Waals surface area contributed by atoms with Gasteiger partial charge in [0.15, 0.2) is 0 Å². The predicted octanol–water partition coefficient (Wildman–Crippen LogP) is 1.94. The summed E-state index contributed by atoms with van der Waals surface area (Å²) in [5.74, 6) is -0.279. The molecule has 0 unspecified atom stereocenters. The van der Waals surface area contributed by atoms with Crippen molar-refractivity contribution < 1.29 is 13.9 Å². The molecule has 0 bridgehead atoms. The third kappa shape index (κ3) is 3.17. The Bertz CT molecular complexity index is 654. The second-order valence-corrected chi connectivity index (χ2v) is 5.48. The van der Waals surface area contributed by atoms with Crippen LogP contribution in [0.25, 0.3) is 0 Å². The highest BCUT2D eigenvalue weighted by molar-refractivity contribution is 5.95. The lowest BCUT2D eigenvalue weighted by atomic mass is 10.1. The van der Waals surface area contributed by atoms with Gasteiger partial charge in [-0.2, -0.15) is 5.10 Å².